The Balaban J connectivity index is 2.49. The summed E-state index contributed by atoms with van der Waals surface area (Å²) < 4.78 is 7.45. The average molecular weight is 288 g/mol. The molecule has 1 aromatic carbocycles. The number of hydrogen-bond acceptors (Lipinski definition) is 4. The summed E-state index contributed by atoms with van der Waals surface area (Å²) in [5.74, 6) is 0.812. The van der Waals surface area contributed by atoms with E-state index in [-0.39, 0.29) is 6.04 Å². The molecule has 0 fully saturated rings. The van der Waals surface area contributed by atoms with Crippen LogP contribution in [0.5, 0.6) is 5.75 Å². The Labute approximate surface area is 126 Å². The fourth-order valence-corrected chi connectivity index (χ4v) is 2.52. The van der Waals surface area contributed by atoms with Crippen LogP contribution in [0.2, 0.25) is 0 Å². The van der Waals surface area contributed by atoms with E-state index in [4.69, 9.17) is 4.74 Å². The number of rotatable bonds is 6. The highest BCUT2D eigenvalue weighted by Crippen LogP contribution is 2.31. The monoisotopic (exact) mass is 288 g/mol. The zero-order valence-electron chi connectivity index (χ0n) is 13.4. The van der Waals surface area contributed by atoms with Crippen LogP contribution in [0.3, 0.4) is 0 Å². The van der Waals surface area contributed by atoms with Crippen molar-refractivity contribution in [1.29, 1.82) is 0 Å². The van der Waals surface area contributed by atoms with Crippen molar-refractivity contribution in [2.45, 2.75) is 19.5 Å². The third-order valence-corrected chi connectivity index (χ3v) is 3.65. The molecule has 5 nitrogen and oxygen atoms in total. The second-order valence-corrected chi connectivity index (χ2v) is 5.13. The van der Waals surface area contributed by atoms with E-state index in [0.717, 1.165) is 18.0 Å². The van der Waals surface area contributed by atoms with Crippen LogP contribution < -0.4 is 15.0 Å². The van der Waals surface area contributed by atoms with Crippen LogP contribution >= 0.6 is 0 Å². The summed E-state index contributed by atoms with van der Waals surface area (Å²) in [7, 11) is 7.73. The highest BCUT2D eigenvalue weighted by molar-refractivity contribution is 5.49. The van der Waals surface area contributed by atoms with E-state index in [0.29, 0.717) is 0 Å². The fraction of sp³-hybridized carbons (Fsp3) is 0.438. The van der Waals surface area contributed by atoms with E-state index in [1.165, 1.54) is 11.3 Å². The number of aryl methyl sites for hydroxylation is 1. The maximum absolute atomic E-state index is 5.48. The Morgan fingerprint density at radius 2 is 2.14 bits per heavy atom. The molecular formula is C16H24N4O. The van der Waals surface area contributed by atoms with E-state index in [9.17, 15) is 0 Å². The zero-order valence-corrected chi connectivity index (χ0v) is 13.4. The molecule has 0 saturated carbocycles. The second-order valence-electron chi connectivity index (χ2n) is 5.13. The van der Waals surface area contributed by atoms with Gasteiger partial charge in [0, 0.05) is 26.3 Å². The highest BCUT2D eigenvalue weighted by Gasteiger charge is 2.22. The number of nitrogens with one attached hydrogen (secondary N) is 1. The van der Waals surface area contributed by atoms with Crippen LogP contribution in [0.4, 0.5) is 5.69 Å². The molecule has 1 atom stereocenters. The van der Waals surface area contributed by atoms with E-state index in [1.54, 1.807) is 13.3 Å². The van der Waals surface area contributed by atoms with Crippen molar-refractivity contribution < 1.29 is 4.74 Å². The van der Waals surface area contributed by atoms with Gasteiger partial charge < -0.3 is 15.0 Å². The number of ether oxygens (including phenoxy) is 1. The number of hydrogen-bond donors (Lipinski definition) is 1. The Morgan fingerprint density at radius 3 is 2.71 bits per heavy atom. The molecule has 1 unspecified atom stereocenters. The molecule has 5 heteroatoms. The second kappa shape index (κ2) is 6.63. The molecule has 1 aromatic heterocycles. The average Bonchev–Trinajstić information content (AvgIpc) is 2.91. The van der Waals surface area contributed by atoms with Gasteiger partial charge in [0.1, 0.15) is 5.69 Å². The lowest BCUT2D eigenvalue weighted by atomic mass is 10.0. The minimum atomic E-state index is 0.0438. The molecule has 0 aliphatic heterocycles. The van der Waals surface area contributed by atoms with Gasteiger partial charge in [0.05, 0.1) is 19.3 Å². The molecule has 114 valence electrons. The van der Waals surface area contributed by atoms with E-state index < -0.39 is 0 Å². The first-order chi connectivity index (χ1) is 10.1. The molecule has 0 aliphatic carbocycles. The lowest BCUT2D eigenvalue weighted by Gasteiger charge is -2.21. The number of nitrogens with zero attached hydrogens (tertiary/aromatic N) is 3. The van der Waals surface area contributed by atoms with Gasteiger partial charge in [0.25, 0.3) is 0 Å². The fourth-order valence-electron chi connectivity index (χ4n) is 2.52. The van der Waals surface area contributed by atoms with Gasteiger partial charge >= 0.3 is 0 Å². The van der Waals surface area contributed by atoms with Crippen LogP contribution in [-0.4, -0.2) is 38.0 Å². The van der Waals surface area contributed by atoms with Crippen LogP contribution in [0.15, 0.2) is 30.5 Å². The predicted octanol–water partition coefficient (Wildman–Crippen LogP) is 2.29. The number of aromatic nitrogens is 2. The van der Waals surface area contributed by atoms with Crippen LogP contribution in [0.25, 0.3) is 0 Å². The molecule has 0 bridgehead atoms. The molecule has 0 aliphatic rings. The first-order valence-corrected chi connectivity index (χ1v) is 7.16. The Hall–Kier alpha value is -2.01. The maximum atomic E-state index is 5.48. The minimum Gasteiger partial charge on any atom is -0.493 e. The van der Waals surface area contributed by atoms with Gasteiger partial charge in [0.15, 0.2) is 5.75 Å². The predicted molar refractivity (Wildman–Crippen MR) is 86.1 cm³/mol. The third-order valence-electron chi connectivity index (χ3n) is 3.65. The molecule has 1 N–H and O–H groups in total. The summed E-state index contributed by atoms with van der Waals surface area (Å²) in [6, 6.07) is 8.54. The molecule has 1 heterocycles. The number of benzene rings is 1. The SMILES string of the molecule is CCn1ncc(OC)c1C(NC)c1cccc(N(C)C)c1. The topological polar surface area (TPSA) is 42.3 Å². The zero-order chi connectivity index (χ0) is 15.4. The van der Waals surface area contributed by atoms with Crippen LogP contribution in [0, 0.1) is 0 Å². The highest BCUT2D eigenvalue weighted by atomic mass is 16.5. The summed E-state index contributed by atoms with van der Waals surface area (Å²) in [4.78, 5) is 2.10. The van der Waals surface area contributed by atoms with E-state index in [1.807, 2.05) is 25.8 Å². The van der Waals surface area contributed by atoms with Gasteiger partial charge in [-0.1, -0.05) is 12.1 Å². The molecule has 0 radical (unpaired) electrons. The number of anilines is 1. The Kier molecular flexibility index (Phi) is 4.85. The standard InChI is InChI=1S/C16H24N4O/c1-6-20-16(14(21-5)11-18-20)15(17-2)12-8-7-9-13(10-12)19(3)4/h7-11,15,17H,6H2,1-5H3. The minimum absolute atomic E-state index is 0.0438. The summed E-state index contributed by atoms with van der Waals surface area (Å²) in [6.07, 6.45) is 1.78. The van der Waals surface area contributed by atoms with E-state index in [2.05, 4.69) is 46.5 Å². The quantitative estimate of drug-likeness (QED) is 0.885. The summed E-state index contributed by atoms with van der Waals surface area (Å²) in [5, 5.41) is 7.78. The normalized spacial score (nSPS) is 12.2. The summed E-state index contributed by atoms with van der Waals surface area (Å²) in [6.45, 7) is 2.89. The lowest BCUT2D eigenvalue weighted by molar-refractivity contribution is 0.401. The van der Waals surface area contributed by atoms with E-state index >= 15 is 0 Å². The molecule has 0 saturated heterocycles. The molecule has 0 amide bonds. The lowest BCUT2D eigenvalue weighted by Crippen LogP contribution is -2.22. The molecule has 0 spiro atoms. The van der Waals surface area contributed by atoms with Crippen molar-refractivity contribution in [3.05, 3.63) is 41.7 Å². The van der Waals surface area contributed by atoms with Crippen molar-refractivity contribution >= 4 is 5.69 Å². The number of methoxy groups -OCH3 is 1. The molecule has 2 rings (SSSR count). The van der Waals surface area contributed by atoms with Gasteiger partial charge in [-0.05, 0) is 31.7 Å². The molecule has 2 aromatic rings. The first-order valence-electron chi connectivity index (χ1n) is 7.16. The van der Waals surface area contributed by atoms with Gasteiger partial charge in [-0.2, -0.15) is 5.10 Å². The Bertz CT molecular complexity index is 570. The van der Waals surface area contributed by atoms with Crippen LogP contribution in [0.1, 0.15) is 24.2 Å². The Morgan fingerprint density at radius 1 is 1.38 bits per heavy atom. The molecular weight excluding hydrogens is 264 g/mol. The maximum Gasteiger partial charge on any atom is 0.161 e. The van der Waals surface area contributed by atoms with Crippen molar-refractivity contribution in [1.82, 2.24) is 15.1 Å². The summed E-state index contributed by atoms with van der Waals surface area (Å²) >= 11 is 0. The van der Waals surface area contributed by atoms with Crippen molar-refractivity contribution in [3.8, 4) is 5.75 Å². The van der Waals surface area contributed by atoms with Gasteiger partial charge in [-0.15, -0.1) is 0 Å². The van der Waals surface area contributed by atoms with Gasteiger partial charge in [-0.3, -0.25) is 4.68 Å². The smallest absolute Gasteiger partial charge is 0.161 e. The van der Waals surface area contributed by atoms with Crippen LogP contribution in [-0.2, 0) is 6.54 Å². The van der Waals surface area contributed by atoms with Gasteiger partial charge in [0.2, 0.25) is 0 Å². The first kappa shape index (κ1) is 15.4. The van der Waals surface area contributed by atoms with Crippen molar-refractivity contribution in [2.75, 3.05) is 33.2 Å². The third kappa shape index (κ3) is 3.03. The summed E-state index contributed by atoms with van der Waals surface area (Å²) in [5.41, 5.74) is 3.42. The van der Waals surface area contributed by atoms with Gasteiger partial charge in [-0.25, -0.2) is 0 Å². The van der Waals surface area contributed by atoms with Crippen molar-refractivity contribution in [3.63, 3.8) is 0 Å². The van der Waals surface area contributed by atoms with Crippen molar-refractivity contribution in [2.24, 2.45) is 0 Å². The molecule has 21 heavy (non-hydrogen) atoms. The largest absolute Gasteiger partial charge is 0.493 e.